The molecule has 20 heavy (non-hydrogen) atoms. The lowest BCUT2D eigenvalue weighted by Gasteiger charge is -2.19. The van der Waals surface area contributed by atoms with Gasteiger partial charge in [0, 0.05) is 0 Å². The molecule has 2 rings (SSSR count). The lowest BCUT2D eigenvalue weighted by atomic mass is 10.1. The first-order chi connectivity index (χ1) is 9.57. The Hall–Kier alpha value is -1.82. The summed E-state index contributed by atoms with van der Waals surface area (Å²) >= 11 is 0. The maximum absolute atomic E-state index is 3.58. The Bertz CT molecular complexity index is 597. The van der Waals surface area contributed by atoms with Crippen molar-refractivity contribution in [3.05, 3.63) is 83.6 Å². The van der Waals surface area contributed by atoms with Gasteiger partial charge in [-0.2, -0.15) is 0 Å². The van der Waals surface area contributed by atoms with Crippen molar-refractivity contribution in [3.63, 3.8) is 0 Å². The third-order valence-electron chi connectivity index (χ3n) is 3.24. The molecule has 0 nitrogen and oxygen atoms in total. The van der Waals surface area contributed by atoms with Gasteiger partial charge in [-0.25, -0.2) is 0 Å². The lowest BCUT2D eigenvalue weighted by molar-refractivity contribution is 1.27. The minimum atomic E-state index is -1.39. The minimum Gasteiger partial charge on any atom is -0.125 e. The highest BCUT2D eigenvalue weighted by Gasteiger charge is 2.20. The Morgan fingerprint density at radius 1 is 0.900 bits per heavy atom. The van der Waals surface area contributed by atoms with E-state index in [9.17, 15) is 0 Å². The molecule has 0 saturated heterocycles. The molecule has 102 valence electrons. The average molecular weight is 278 g/mol. The topological polar surface area (TPSA) is 0 Å². The maximum Gasteiger partial charge on any atom is 0.0883 e. The number of hydrogen-bond donors (Lipinski definition) is 0. The molecule has 0 unspecified atom stereocenters. The van der Waals surface area contributed by atoms with Crippen LogP contribution in [0.2, 0.25) is 19.6 Å². The average Bonchev–Trinajstić information content (AvgIpc) is 2.44. The summed E-state index contributed by atoms with van der Waals surface area (Å²) < 4.78 is 0. The predicted octanol–water partition coefficient (Wildman–Crippen LogP) is 5.35. The van der Waals surface area contributed by atoms with Gasteiger partial charge in [-0.15, -0.1) is 5.73 Å². The van der Waals surface area contributed by atoms with Gasteiger partial charge in [0.15, 0.2) is 0 Å². The Labute approximate surface area is 123 Å². The Morgan fingerprint density at radius 3 is 2.00 bits per heavy atom. The summed E-state index contributed by atoms with van der Waals surface area (Å²) in [6.45, 7) is 7.12. The first kappa shape index (κ1) is 14.6. The number of rotatable bonds is 4. The molecule has 2 aromatic rings. The summed E-state index contributed by atoms with van der Waals surface area (Å²) in [5.74, 6) is 0. The summed E-state index contributed by atoms with van der Waals surface area (Å²) in [6.07, 6.45) is 3.12. The molecule has 0 heterocycles. The SMILES string of the molecule is C[Si](C)(C)C(=C=CCc1ccccc1)c1ccccc1. The van der Waals surface area contributed by atoms with Gasteiger partial charge in [0.1, 0.15) is 0 Å². The van der Waals surface area contributed by atoms with Crippen molar-refractivity contribution in [3.8, 4) is 0 Å². The van der Waals surface area contributed by atoms with E-state index in [1.165, 1.54) is 16.3 Å². The fourth-order valence-corrected chi connectivity index (χ4v) is 3.79. The standard InChI is InChI=1S/C19H22Si/c1-20(2,3)19(18-14-8-5-9-15-18)16-10-13-17-11-6-4-7-12-17/h4-12,14-15H,13H2,1-3H3. The molecule has 0 atom stereocenters. The van der Waals surface area contributed by atoms with E-state index in [1.54, 1.807) is 0 Å². The zero-order chi connectivity index (χ0) is 14.4. The molecule has 0 amide bonds. The van der Waals surface area contributed by atoms with E-state index in [4.69, 9.17) is 0 Å². The van der Waals surface area contributed by atoms with E-state index >= 15 is 0 Å². The van der Waals surface area contributed by atoms with Gasteiger partial charge in [0.2, 0.25) is 0 Å². The van der Waals surface area contributed by atoms with Crippen molar-refractivity contribution in [2.24, 2.45) is 0 Å². The molecule has 0 fully saturated rings. The van der Waals surface area contributed by atoms with Gasteiger partial charge in [-0.1, -0.05) is 80.3 Å². The minimum absolute atomic E-state index is 0.946. The molecule has 2 aromatic carbocycles. The molecule has 0 spiro atoms. The fraction of sp³-hybridized carbons (Fsp3) is 0.211. The number of allylic oxidation sites excluding steroid dienone is 1. The van der Waals surface area contributed by atoms with Crippen molar-refractivity contribution in [1.29, 1.82) is 0 Å². The van der Waals surface area contributed by atoms with Gasteiger partial charge in [0.25, 0.3) is 0 Å². The maximum atomic E-state index is 3.58. The number of hydrogen-bond acceptors (Lipinski definition) is 0. The molecule has 0 bridgehead atoms. The van der Waals surface area contributed by atoms with E-state index < -0.39 is 8.07 Å². The highest BCUT2D eigenvalue weighted by Crippen LogP contribution is 2.24. The molecule has 0 saturated carbocycles. The largest absolute Gasteiger partial charge is 0.125 e. The quantitative estimate of drug-likeness (QED) is 0.523. The molecular formula is C19H22Si. The second kappa shape index (κ2) is 6.56. The molecule has 0 radical (unpaired) electrons. The van der Waals surface area contributed by atoms with E-state index in [-0.39, 0.29) is 0 Å². The third-order valence-corrected chi connectivity index (χ3v) is 5.17. The summed E-state index contributed by atoms with van der Waals surface area (Å²) in [7, 11) is -1.39. The van der Waals surface area contributed by atoms with Crippen LogP contribution in [0.3, 0.4) is 0 Å². The monoisotopic (exact) mass is 278 g/mol. The summed E-state index contributed by atoms with van der Waals surface area (Å²) in [5, 5.41) is 1.40. The molecule has 1 heteroatoms. The van der Waals surface area contributed by atoms with Crippen molar-refractivity contribution >= 4 is 13.3 Å². The first-order valence-electron chi connectivity index (χ1n) is 7.12. The highest BCUT2D eigenvalue weighted by molar-refractivity contribution is 6.93. The third kappa shape index (κ3) is 4.09. The van der Waals surface area contributed by atoms with Gasteiger partial charge in [-0.3, -0.25) is 0 Å². The Balaban J connectivity index is 2.30. The zero-order valence-corrected chi connectivity index (χ0v) is 13.6. The molecular weight excluding hydrogens is 256 g/mol. The van der Waals surface area contributed by atoms with Gasteiger partial charge < -0.3 is 0 Å². The van der Waals surface area contributed by atoms with Crippen LogP contribution in [0, 0.1) is 0 Å². The van der Waals surface area contributed by atoms with Crippen LogP contribution >= 0.6 is 0 Å². The van der Waals surface area contributed by atoms with E-state index in [0.29, 0.717) is 0 Å². The highest BCUT2D eigenvalue weighted by atomic mass is 28.3. The number of benzene rings is 2. The van der Waals surface area contributed by atoms with Crippen LogP contribution < -0.4 is 0 Å². The smallest absolute Gasteiger partial charge is 0.0883 e. The summed E-state index contributed by atoms with van der Waals surface area (Å²) in [4.78, 5) is 0. The first-order valence-corrected chi connectivity index (χ1v) is 10.6. The summed E-state index contributed by atoms with van der Waals surface area (Å²) in [5.41, 5.74) is 6.23. The van der Waals surface area contributed by atoms with Crippen LogP contribution in [0.15, 0.2) is 72.5 Å². The molecule has 0 aliphatic heterocycles. The molecule has 0 aliphatic carbocycles. The van der Waals surface area contributed by atoms with Gasteiger partial charge in [0.05, 0.1) is 8.07 Å². The normalized spacial score (nSPS) is 10.8. The van der Waals surface area contributed by atoms with E-state index in [0.717, 1.165) is 6.42 Å². The Morgan fingerprint density at radius 2 is 1.45 bits per heavy atom. The van der Waals surface area contributed by atoms with Crippen LogP contribution in [0.5, 0.6) is 0 Å². The fourth-order valence-electron chi connectivity index (χ4n) is 2.22. The molecule has 0 aromatic heterocycles. The van der Waals surface area contributed by atoms with Crippen molar-refractivity contribution in [1.82, 2.24) is 0 Å². The van der Waals surface area contributed by atoms with Gasteiger partial charge in [-0.05, 0) is 28.8 Å². The van der Waals surface area contributed by atoms with Crippen LogP contribution in [-0.4, -0.2) is 8.07 Å². The molecule has 0 aliphatic rings. The second-order valence-corrected chi connectivity index (χ2v) is 11.0. The van der Waals surface area contributed by atoms with Crippen molar-refractivity contribution < 1.29 is 0 Å². The van der Waals surface area contributed by atoms with Crippen LogP contribution in [0.25, 0.3) is 5.20 Å². The second-order valence-electron chi connectivity index (χ2n) is 6.03. The zero-order valence-electron chi connectivity index (χ0n) is 12.6. The molecule has 0 N–H and O–H groups in total. The summed E-state index contributed by atoms with van der Waals surface area (Å²) in [6, 6.07) is 21.2. The Kier molecular flexibility index (Phi) is 4.78. The van der Waals surface area contributed by atoms with Crippen molar-refractivity contribution in [2.75, 3.05) is 0 Å². The van der Waals surface area contributed by atoms with Crippen LogP contribution in [-0.2, 0) is 6.42 Å². The lowest BCUT2D eigenvalue weighted by Crippen LogP contribution is -2.22. The van der Waals surface area contributed by atoms with Crippen molar-refractivity contribution in [2.45, 2.75) is 26.1 Å². The van der Waals surface area contributed by atoms with Crippen LogP contribution in [0.1, 0.15) is 11.1 Å². The predicted molar refractivity (Wildman–Crippen MR) is 91.4 cm³/mol. The van der Waals surface area contributed by atoms with E-state index in [2.05, 4.69) is 92.1 Å². The van der Waals surface area contributed by atoms with E-state index in [1.807, 2.05) is 0 Å². The van der Waals surface area contributed by atoms with Gasteiger partial charge >= 0.3 is 0 Å². The van der Waals surface area contributed by atoms with Crippen LogP contribution in [0.4, 0.5) is 0 Å².